The summed E-state index contributed by atoms with van der Waals surface area (Å²) in [5.41, 5.74) is -0.334. The molecule has 0 spiro atoms. The Labute approximate surface area is 185 Å². The zero-order valence-electron chi connectivity index (χ0n) is 17.4. The summed E-state index contributed by atoms with van der Waals surface area (Å²) in [5, 5.41) is 20.2. The van der Waals surface area contributed by atoms with Crippen molar-refractivity contribution in [2.45, 2.75) is 59.0 Å². The molecule has 1 aromatic heterocycles. The highest BCUT2D eigenvalue weighted by Crippen LogP contribution is 2.27. The first-order valence-electron chi connectivity index (χ1n) is 9.93. The molecule has 0 radical (unpaired) electrons. The lowest BCUT2D eigenvalue weighted by Crippen LogP contribution is -2.40. The molecular weight excluding hydrogens is 471 g/mol. The second kappa shape index (κ2) is 11.6. The largest absolute Gasteiger partial charge is 0.466 e. The molecule has 1 heterocycles. The summed E-state index contributed by atoms with van der Waals surface area (Å²) >= 11 is 0. The minimum Gasteiger partial charge on any atom is -0.466 e. The summed E-state index contributed by atoms with van der Waals surface area (Å²) in [6.07, 6.45) is 4.04. The standard InChI is InChI=1S/C20H34N4O3.HI/c1-5-21-19(23-11-7-10-22-18(25)16-8-6-9-16)24-13-20(4,26)17-12-14(2)27-15(17)3;/h12,16,26H,5-11,13H2,1-4H3,(H,22,25)(H2,21,23,24);1H. The van der Waals surface area contributed by atoms with Crippen LogP contribution in [0.2, 0.25) is 0 Å². The van der Waals surface area contributed by atoms with E-state index in [-0.39, 0.29) is 42.3 Å². The quantitative estimate of drug-likeness (QED) is 0.179. The number of guanidine groups is 1. The number of hydrogen-bond acceptors (Lipinski definition) is 4. The van der Waals surface area contributed by atoms with Crippen LogP contribution in [-0.2, 0) is 10.4 Å². The van der Waals surface area contributed by atoms with Crippen LogP contribution in [0.4, 0.5) is 0 Å². The van der Waals surface area contributed by atoms with E-state index in [9.17, 15) is 9.90 Å². The maximum absolute atomic E-state index is 11.8. The number of hydrogen-bond donors (Lipinski definition) is 4. The van der Waals surface area contributed by atoms with E-state index in [2.05, 4.69) is 20.9 Å². The second-order valence-corrected chi connectivity index (χ2v) is 7.50. The number of furan rings is 1. The number of carbonyl (C=O) groups excluding carboxylic acids is 1. The topological polar surface area (TPSA) is 98.9 Å². The van der Waals surface area contributed by atoms with Crippen molar-refractivity contribution in [1.29, 1.82) is 0 Å². The van der Waals surface area contributed by atoms with Crippen LogP contribution >= 0.6 is 24.0 Å². The van der Waals surface area contributed by atoms with Gasteiger partial charge in [-0.1, -0.05) is 6.42 Å². The van der Waals surface area contributed by atoms with Crippen LogP contribution in [0.3, 0.4) is 0 Å². The third-order valence-electron chi connectivity index (χ3n) is 4.93. The molecule has 1 aliphatic rings. The molecular formula is C20H35IN4O3. The molecule has 8 heteroatoms. The molecule has 1 unspecified atom stereocenters. The molecule has 0 bridgehead atoms. The summed E-state index contributed by atoms with van der Waals surface area (Å²) in [5.74, 6) is 2.56. The first kappa shape index (κ1) is 24.7. The molecule has 0 aromatic carbocycles. The van der Waals surface area contributed by atoms with Gasteiger partial charge in [-0.05, 0) is 53.0 Å². The number of carbonyl (C=O) groups is 1. The van der Waals surface area contributed by atoms with Crippen LogP contribution in [0.5, 0.6) is 0 Å². The van der Waals surface area contributed by atoms with Crippen molar-refractivity contribution in [3.05, 3.63) is 23.2 Å². The Morgan fingerprint density at radius 2 is 1.96 bits per heavy atom. The highest BCUT2D eigenvalue weighted by Gasteiger charge is 2.27. The summed E-state index contributed by atoms with van der Waals surface area (Å²) in [7, 11) is 0. The predicted octanol–water partition coefficient (Wildman–Crippen LogP) is 2.58. The maximum Gasteiger partial charge on any atom is 0.223 e. The lowest BCUT2D eigenvalue weighted by Gasteiger charge is -2.24. The van der Waals surface area contributed by atoms with E-state index < -0.39 is 5.60 Å². The van der Waals surface area contributed by atoms with E-state index in [1.54, 1.807) is 6.92 Å². The Balaban J connectivity index is 0.00000392. The Morgan fingerprint density at radius 1 is 1.29 bits per heavy atom. The normalized spacial score (nSPS) is 16.5. The number of rotatable bonds is 9. The highest BCUT2D eigenvalue weighted by atomic mass is 127. The molecule has 2 rings (SSSR count). The van der Waals surface area contributed by atoms with Gasteiger partial charge in [0.25, 0.3) is 0 Å². The summed E-state index contributed by atoms with van der Waals surface area (Å²) < 4.78 is 5.52. The summed E-state index contributed by atoms with van der Waals surface area (Å²) in [4.78, 5) is 16.3. The average molecular weight is 506 g/mol. The Morgan fingerprint density at radius 3 is 2.50 bits per heavy atom. The lowest BCUT2D eigenvalue weighted by atomic mass is 9.85. The molecule has 1 saturated carbocycles. The van der Waals surface area contributed by atoms with Crippen LogP contribution in [0.15, 0.2) is 15.5 Å². The Hall–Kier alpha value is -1.29. The van der Waals surface area contributed by atoms with Gasteiger partial charge in [0, 0.05) is 31.1 Å². The van der Waals surface area contributed by atoms with Gasteiger partial charge in [0.1, 0.15) is 17.1 Å². The molecule has 1 aliphatic carbocycles. The first-order valence-corrected chi connectivity index (χ1v) is 9.93. The number of nitrogens with zero attached hydrogens (tertiary/aromatic N) is 1. The predicted molar refractivity (Wildman–Crippen MR) is 122 cm³/mol. The second-order valence-electron chi connectivity index (χ2n) is 7.50. The van der Waals surface area contributed by atoms with Crippen LogP contribution in [0.25, 0.3) is 0 Å². The number of halogens is 1. The fourth-order valence-electron chi connectivity index (χ4n) is 3.15. The zero-order valence-corrected chi connectivity index (χ0v) is 19.8. The Bertz CT molecular complexity index is 654. The van der Waals surface area contributed by atoms with Gasteiger partial charge in [-0.15, -0.1) is 24.0 Å². The molecule has 1 amide bonds. The van der Waals surface area contributed by atoms with Gasteiger partial charge in [0.05, 0.1) is 6.54 Å². The van der Waals surface area contributed by atoms with Crippen LogP contribution in [-0.4, -0.2) is 43.2 Å². The fourth-order valence-corrected chi connectivity index (χ4v) is 3.15. The molecule has 0 saturated heterocycles. The number of nitrogens with one attached hydrogen (secondary N) is 3. The van der Waals surface area contributed by atoms with Gasteiger partial charge in [-0.25, -0.2) is 4.99 Å². The van der Waals surface area contributed by atoms with Crippen molar-refractivity contribution >= 4 is 35.8 Å². The van der Waals surface area contributed by atoms with E-state index in [0.29, 0.717) is 24.8 Å². The third kappa shape index (κ3) is 7.27. The summed E-state index contributed by atoms with van der Waals surface area (Å²) in [6, 6.07) is 1.86. The lowest BCUT2D eigenvalue weighted by molar-refractivity contribution is -0.127. The number of aliphatic hydroxyl groups is 1. The highest BCUT2D eigenvalue weighted by molar-refractivity contribution is 14.0. The van der Waals surface area contributed by atoms with Gasteiger partial charge in [-0.3, -0.25) is 4.79 Å². The molecule has 1 aromatic rings. The van der Waals surface area contributed by atoms with Gasteiger partial charge in [-0.2, -0.15) is 0 Å². The minimum absolute atomic E-state index is 0. The van der Waals surface area contributed by atoms with E-state index >= 15 is 0 Å². The van der Waals surface area contributed by atoms with Crippen molar-refractivity contribution in [3.8, 4) is 0 Å². The zero-order chi connectivity index (χ0) is 19.9. The average Bonchev–Trinajstić information content (AvgIpc) is 2.90. The number of aliphatic imine (C=N–C) groups is 1. The van der Waals surface area contributed by atoms with Gasteiger partial charge >= 0.3 is 0 Å². The third-order valence-corrected chi connectivity index (χ3v) is 4.93. The number of aryl methyl sites for hydroxylation is 2. The smallest absolute Gasteiger partial charge is 0.223 e. The molecule has 160 valence electrons. The summed E-state index contributed by atoms with van der Waals surface area (Å²) in [6.45, 7) is 9.77. The van der Waals surface area contributed by atoms with E-state index in [1.165, 1.54) is 6.42 Å². The molecule has 28 heavy (non-hydrogen) atoms. The van der Waals surface area contributed by atoms with Crippen LogP contribution < -0.4 is 16.0 Å². The number of amides is 1. The SMILES string of the molecule is CCNC(=NCC(C)(O)c1cc(C)oc1C)NCCCNC(=O)C1CCC1.I. The van der Waals surface area contributed by atoms with Gasteiger partial charge in [0.15, 0.2) is 5.96 Å². The van der Waals surface area contributed by atoms with Crippen molar-refractivity contribution < 1.29 is 14.3 Å². The molecule has 4 N–H and O–H groups in total. The molecule has 1 atom stereocenters. The monoisotopic (exact) mass is 506 g/mol. The van der Waals surface area contributed by atoms with Gasteiger partial charge < -0.3 is 25.5 Å². The fraction of sp³-hybridized carbons (Fsp3) is 0.700. The van der Waals surface area contributed by atoms with Crippen LogP contribution in [0, 0.1) is 19.8 Å². The Kier molecular flexibility index (Phi) is 10.3. The van der Waals surface area contributed by atoms with Crippen molar-refractivity contribution in [2.24, 2.45) is 10.9 Å². The van der Waals surface area contributed by atoms with E-state index in [4.69, 9.17) is 4.42 Å². The van der Waals surface area contributed by atoms with E-state index in [0.717, 1.165) is 37.1 Å². The molecule has 0 aliphatic heterocycles. The van der Waals surface area contributed by atoms with Gasteiger partial charge in [0.2, 0.25) is 5.91 Å². The molecule has 7 nitrogen and oxygen atoms in total. The van der Waals surface area contributed by atoms with Crippen LogP contribution in [0.1, 0.15) is 56.6 Å². The van der Waals surface area contributed by atoms with Crippen molar-refractivity contribution in [1.82, 2.24) is 16.0 Å². The van der Waals surface area contributed by atoms with Crippen molar-refractivity contribution in [2.75, 3.05) is 26.2 Å². The minimum atomic E-state index is -1.10. The van der Waals surface area contributed by atoms with E-state index in [1.807, 2.05) is 26.8 Å². The maximum atomic E-state index is 11.8. The van der Waals surface area contributed by atoms with Crippen molar-refractivity contribution in [3.63, 3.8) is 0 Å². The molecule has 1 fully saturated rings. The first-order chi connectivity index (χ1) is 12.8.